The van der Waals surface area contributed by atoms with Gasteiger partial charge in [-0.2, -0.15) is 0 Å². The highest BCUT2D eigenvalue weighted by atomic mass is 35.5. The molecule has 0 atom stereocenters. The number of hydrogen-bond acceptors (Lipinski definition) is 4. The van der Waals surface area contributed by atoms with Crippen LogP contribution in [0, 0.1) is 12.7 Å². The Bertz CT molecular complexity index is 1380. The smallest absolute Gasteiger partial charge is 0.359 e. The van der Waals surface area contributed by atoms with Crippen LogP contribution < -0.4 is 4.74 Å². The number of hydrogen-bond donors (Lipinski definition) is 0. The minimum Gasteiger partial charge on any atom is -0.496 e. The molecule has 3 aromatic carbocycles. The Morgan fingerprint density at radius 1 is 1.09 bits per heavy atom. The number of aromatic nitrogens is 2. The molecule has 1 aromatic heterocycles. The van der Waals surface area contributed by atoms with Gasteiger partial charge in [-0.15, -0.1) is 0 Å². The second kappa shape index (κ2) is 9.87. The number of benzene rings is 3. The molecule has 0 aliphatic heterocycles. The monoisotopic (exact) mass is 498 g/mol. The van der Waals surface area contributed by atoms with Crippen LogP contribution in [-0.2, 0) is 4.74 Å². The van der Waals surface area contributed by atoms with Crippen LogP contribution in [-0.4, -0.2) is 29.2 Å². The van der Waals surface area contributed by atoms with Crippen molar-refractivity contribution < 1.29 is 18.7 Å². The molecule has 34 heavy (non-hydrogen) atoms. The van der Waals surface area contributed by atoms with Crippen molar-refractivity contribution in [2.45, 2.75) is 13.8 Å². The van der Waals surface area contributed by atoms with Crippen LogP contribution in [0.5, 0.6) is 5.75 Å². The van der Waals surface area contributed by atoms with Gasteiger partial charge >= 0.3 is 5.97 Å². The molecule has 8 heteroatoms. The molecule has 5 nitrogen and oxygen atoms in total. The van der Waals surface area contributed by atoms with Gasteiger partial charge in [-0.1, -0.05) is 53.0 Å². The summed E-state index contributed by atoms with van der Waals surface area (Å²) in [5.74, 6) is -0.554. The van der Waals surface area contributed by atoms with Crippen molar-refractivity contribution in [3.8, 4) is 34.1 Å². The molecule has 0 fully saturated rings. The van der Waals surface area contributed by atoms with E-state index in [1.54, 1.807) is 41.8 Å². The van der Waals surface area contributed by atoms with Crippen molar-refractivity contribution in [1.29, 1.82) is 0 Å². The minimum atomic E-state index is -0.659. The van der Waals surface area contributed by atoms with Crippen LogP contribution in [0.25, 0.3) is 28.3 Å². The third-order valence-corrected chi connectivity index (χ3v) is 5.74. The summed E-state index contributed by atoms with van der Waals surface area (Å²) in [6.07, 6.45) is 0. The molecule has 0 saturated heterocycles. The first kappa shape index (κ1) is 23.8. The molecule has 174 valence electrons. The van der Waals surface area contributed by atoms with Crippen molar-refractivity contribution in [2.75, 3.05) is 13.7 Å². The van der Waals surface area contributed by atoms with Gasteiger partial charge in [-0.3, -0.25) is 4.57 Å². The highest BCUT2D eigenvalue weighted by Gasteiger charge is 2.30. The maximum Gasteiger partial charge on any atom is 0.359 e. The Morgan fingerprint density at radius 3 is 2.56 bits per heavy atom. The summed E-state index contributed by atoms with van der Waals surface area (Å²) in [5.41, 5.74) is 2.48. The summed E-state index contributed by atoms with van der Waals surface area (Å²) in [7, 11) is 1.50. The first-order valence-corrected chi connectivity index (χ1v) is 11.3. The fraction of sp³-hybridized carbons (Fsp3) is 0.154. The molecule has 0 saturated carbocycles. The van der Waals surface area contributed by atoms with E-state index in [-0.39, 0.29) is 28.7 Å². The van der Waals surface area contributed by atoms with Crippen molar-refractivity contribution in [3.63, 3.8) is 0 Å². The van der Waals surface area contributed by atoms with Gasteiger partial charge in [0.25, 0.3) is 0 Å². The molecule has 1 heterocycles. The summed E-state index contributed by atoms with van der Waals surface area (Å²) in [5, 5.41) is 0.338. The van der Waals surface area contributed by atoms with E-state index in [0.29, 0.717) is 27.7 Å². The number of rotatable bonds is 6. The lowest BCUT2D eigenvalue weighted by Crippen LogP contribution is -2.09. The van der Waals surface area contributed by atoms with E-state index in [1.807, 2.05) is 31.2 Å². The number of carbonyl (C=O) groups excluding carboxylic acids is 1. The van der Waals surface area contributed by atoms with Gasteiger partial charge in [-0.05, 0) is 50.2 Å². The van der Waals surface area contributed by atoms with E-state index >= 15 is 4.39 Å². The average molecular weight is 499 g/mol. The quantitative estimate of drug-likeness (QED) is 0.265. The maximum absolute atomic E-state index is 15.4. The Hall–Kier alpha value is -3.35. The van der Waals surface area contributed by atoms with Gasteiger partial charge in [0.2, 0.25) is 0 Å². The zero-order chi connectivity index (χ0) is 24.4. The van der Waals surface area contributed by atoms with E-state index in [4.69, 9.17) is 32.7 Å². The fourth-order valence-electron chi connectivity index (χ4n) is 3.75. The number of carbonyl (C=O) groups is 1. The molecule has 4 rings (SSSR count). The lowest BCUT2D eigenvalue weighted by molar-refractivity contribution is 0.0521. The number of aryl methyl sites for hydroxylation is 1. The van der Waals surface area contributed by atoms with E-state index < -0.39 is 11.8 Å². The Labute approximate surface area is 206 Å². The normalized spacial score (nSPS) is 10.9. The zero-order valence-corrected chi connectivity index (χ0v) is 20.2. The van der Waals surface area contributed by atoms with Crippen LogP contribution in [0.1, 0.15) is 23.0 Å². The summed E-state index contributed by atoms with van der Waals surface area (Å²) < 4.78 is 27.8. The van der Waals surface area contributed by atoms with Gasteiger partial charge in [-0.25, -0.2) is 14.2 Å². The first-order valence-electron chi connectivity index (χ1n) is 10.5. The second-order valence-electron chi connectivity index (χ2n) is 7.48. The number of esters is 1. The van der Waals surface area contributed by atoms with Crippen molar-refractivity contribution in [2.24, 2.45) is 0 Å². The molecule has 0 aliphatic carbocycles. The largest absolute Gasteiger partial charge is 0.496 e. The van der Waals surface area contributed by atoms with Crippen LogP contribution in [0.2, 0.25) is 10.0 Å². The molecule has 4 aromatic rings. The predicted molar refractivity (Wildman–Crippen MR) is 132 cm³/mol. The minimum absolute atomic E-state index is 0.00158. The number of ether oxygens (including phenoxy) is 2. The standard InChI is InChI=1S/C26H21Cl2FN2O3/c1-4-34-26(32)23-24(18-14-17(27)11-12-21(18)33-3)31(20-10-6-9-19(28)22(20)29)25(30-23)16-8-5-7-15(2)13-16/h5-14H,4H2,1-3H3. The molecule has 0 spiro atoms. The van der Waals surface area contributed by atoms with E-state index in [9.17, 15) is 4.79 Å². The average Bonchev–Trinajstić information content (AvgIpc) is 3.21. The van der Waals surface area contributed by atoms with Gasteiger partial charge in [0, 0.05) is 16.1 Å². The van der Waals surface area contributed by atoms with Crippen LogP contribution in [0.4, 0.5) is 4.39 Å². The number of imidazole rings is 1. The summed E-state index contributed by atoms with van der Waals surface area (Å²) >= 11 is 12.5. The predicted octanol–water partition coefficient (Wildman–Crippen LogP) is 7.15. The highest BCUT2D eigenvalue weighted by Crippen LogP contribution is 2.40. The van der Waals surface area contributed by atoms with Gasteiger partial charge in [0.05, 0.1) is 30.1 Å². The van der Waals surface area contributed by atoms with E-state index in [2.05, 4.69) is 4.98 Å². The summed E-state index contributed by atoms with van der Waals surface area (Å²) in [6, 6.07) is 17.2. The van der Waals surface area contributed by atoms with E-state index in [1.165, 1.54) is 13.2 Å². The summed E-state index contributed by atoms with van der Waals surface area (Å²) in [4.78, 5) is 17.7. The fourth-order valence-corrected chi connectivity index (χ4v) is 4.09. The first-order chi connectivity index (χ1) is 16.3. The maximum atomic E-state index is 15.4. The molecule has 0 aliphatic rings. The van der Waals surface area contributed by atoms with Gasteiger partial charge < -0.3 is 9.47 Å². The second-order valence-corrected chi connectivity index (χ2v) is 8.32. The third kappa shape index (κ3) is 4.39. The van der Waals surface area contributed by atoms with Gasteiger partial charge in [0.15, 0.2) is 11.5 Å². The van der Waals surface area contributed by atoms with Crippen LogP contribution in [0.3, 0.4) is 0 Å². The Morgan fingerprint density at radius 2 is 1.85 bits per heavy atom. The number of methoxy groups -OCH3 is 1. The molecule has 0 bridgehead atoms. The topological polar surface area (TPSA) is 53.3 Å². The Kier molecular flexibility index (Phi) is 6.91. The SMILES string of the molecule is CCOC(=O)c1nc(-c2cccc(C)c2)n(-c2cccc(Cl)c2F)c1-c1cc(Cl)ccc1OC. The number of halogens is 3. The number of nitrogens with zero attached hydrogens (tertiary/aromatic N) is 2. The van der Waals surface area contributed by atoms with Crippen molar-refractivity contribution >= 4 is 29.2 Å². The summed E-state index contributed by atoms with van der Waals surface area (Å²) in [6.45, 7) is 3.78. The molecular formula is C26H21Cl2FN2O3. The Balaban J connectivity index is 2.19. The molecule has 0 radical (unpaired) electrons. The third-order valence-electron chi connectivity index (χ3n) is 5.21. The molecule has 0 unspecified atom stereocenters. The van der Waals surface area contributed by atoms with Gasteiger partial charge in [0.1, 0.15) is 11.6 Å². The lowest BCUT2D eigenvalue weighted by Gasteiger charge is -2.17. The van der Waals surface area contributed by atoms with Crippen molar-refractivity contribution in [1.82, 2.24) is 9.55 Å². The van der Waals surface area contributed by atoms with Crippen LogP contribution >= 0.6 is 23.2 Å². The molecule has 0 N–H and O–H groups in total. The molecular weight excluding hydrogens is 478 g/mol. The molecule has 0 amide bonds. The van der Waals surface area contributed by atoms with Crippen LogP contribution in [0.15, 0.2) is 60.7 Å². The zero-order valence-electron chi connectivity index (χ0n) is 18.7. The highest BCUT2D eigenvalue weighted by molar-refractivity contribution is 6.31. The lowest BCUT2D eigenvalue weighted by atomic mass is 10.1. The van der Waals surface area contributed by atoms with E-state index in [0.717, 1.165) is 5.56 Å². The van der Waals surface area contributed by atoms with Crippen molar-refractivity contribution in [3.05, 3.63) is 87.8 Å².